The van der Waals surface area contributed by atoms with Crippen LogP contribution in [-0.4, -0.2) is 28.5 Å². The van der Waals surface area contributed by atoms with E-state index in [2.05, 4.69) is 16.6 Å². The summed E-state index contributed by atoms with van der Waals surface area (Å²) in [5, 5.41) is 7.91. The minimum atomic E-state index is 0.368. The molecule has 1 aromatic heterocycles. The molecule has 2 aliphatic rings. The summed E-state index contributed by atoms with van der Waals surface area (Å²) >= 11 is 0. The highest BCUT2D eigenvalue weighted by molar-refractivity contribution is 5.04. The van der Waals surface area contributed by atoms with Gasteiger partial charge in [0.05, 0.1) is 18.8 Å². The molecule has 2 fully saturated rings. The van der Waals surface area contributed by atoms with Gasteiger partial charge in [-0.3, -0.25) is 4.68 Å². The summed E-state index contributed by atoms with van der Waals surface area (Å²) in [5.74, 6) is 0. The molecule has 0 aromatic carbocycles. The van der Waals surface area contributed by atoms with E-state index in [1.807, 2.05) is 10.9 Å². The lowest BCUT2D eigenvalue weighted by atomic mass is 10.1. The lowest BCUT2D eigenvalue weighted by Crippen LogP contribution is -2.24. The van der Waals surface area contributed by atoms with Crippen molar-refractivity contribution in [3.8, 4) is 0 Å². The standard InChI is InChI=1S/C13H21N3O/c1-2-6-17-13(3-1)10-16-9-11(8-15-16)7-14-12-4-5-12/h8-9,12-14H,1-7,10H2. The van der Waals surface area contributed by atoms with Crippen LogP contribution >= 0.6 is 0 Å². The van der Waals surface area contributed by atoms with Crippen molar-refractivity contribution in [2.24, 2.45) is 0 Å². The highest BCUT2D eigenvalue weighted by Crippen LogP contribution is 2.19. The fraction of sp³-hybridized carbons (Fsp3) is 0.769. The van der Waals surface area contributed by atoms with Gasteiger partial charge in [-0.05, 0) is 32.1 Å². The molecule has 3 rings (SSSR count). The number of hydrogen-bond donors (Lipinski definition) is 1. The summed E-state index contributed by atoms with van der Waals surface area (Å²) in [7, 11) is 0. The van der Waals surface area contributed by atoms with Crippen LogP contribution in [0.2, 0.25) is 0 Å². The third-order valence-corrected chi connectivity index (χ3v) is 3.52. The fourth-order valence-corrected chi connectivity index (χ4v) is 2.31. The van der Waals surface area contributed by atoms with Gasteiger partial charge in [-0.15, -0.1) is 0 Å². The second-order valence-corrected chi connectivity index (χ2v) is 5.21. The summed E-state index contributed by atoms with van der Waals surface area (Å²) in [6.45, 7) is 2.78. The zero-order valence-electron chi connectivity index (χ0n) is 10.3. The summed E-state index contributed by atoms with van der Waals surface area (Å²) < 4.78 is 7.75. The minimum absolute atomic E-state index is 0.368. The van der Waals surface area contributed by atoms with Gasteiger partial charge in [0.25, 0.3) is 0 Å². The van der Waals surface area contributed by atoms with Crippen LogP contribution in [0.15, 0.2) is 12.4 Å². The Balaban J connectivity index is 1.48. The summed E-state index contributed by atoms with van der Waals surface area (Å²) in [5.41, 5.74) is 1.28. The SMILES string of the molecule is c1nn(CC2CCCCO2)cc1CNC1CC1. The van der Waals surface area contributed by atoms with Crippen molar-refractivity contribution in [1.82, 2.24) is 15.1 Å². The second kappa shape index (κ2) is 5.19. The lowest BCUT2D eigenvalue weighted by Gasteiger charge is -2.22. The van der Waals surface area contributed by atoms with E-state index in [1.54, 1.807) is 0 Å². The first-order chi connectivity index (χ1) is 8.40. The number of nitrogens with one attached hydrogen (secondary N) is 1. The van der Waals surface area contributed by atoms with E-state index in [9.17, 15) is 0 Å². The Bertz CT molecular complexity index is 353. The Kier molecular flexibility index (Phi) is 3.43. The van der Waals surface area contributed by atoms with Crippen molar-refractivity contribution < 1.29 is 4.74 Å². The van der Waals surface area contributed by atoms with Crippen molar-refractivity contribution in [3.63, 3.8) is 0 Å². The van der Waals surface area contributed by atoms with Crippen LogP contribution in [0.1, 0.15) is 37.7 Å². The quantitative estimate of drug-likeness (QED) is 0.844. The first-order valence-corrected chi connectivity index (χ1v) is 6.76. The molecule has 4 nitrogen and oxygen atoms in total. The van der Waals surface area contributed by atoms with Gasteiger partial charge >= 0.3 is 0 Å². The van der Waals surface area contributed by atoms with Crippen LogP contribution in [0, 0.1) is 0 Å². The Morgan fingerprint density at radius 2 is 2.29 bits per heavy atom. The molecule has 0 amide bonds. The van der Waals surface area contributed by atoms with Crippen molar-refractivity contribution in [2.45, 2.75) is 57.3 Å². The molecule has 17 heavy (non-hydrogen) atoms. The van der Waals surface area contributed by atoms with Gasteiger partial charge in [-0.2, -0.15) is 5.10 Å². The van der Waals surface area contributed by atoms with E-state index in [0.717, 1.165) is 25.7 Å². The molecular formula is C13H21N3O. The molecule has 1 aromatic rings. The molecule has 1 saturated carbocycles. The number of aromatic nitrogens is 2. The third-order valence-electron chi connectivity index (χ3n) is 3.52. The zero-order chi connectivity index (χ0) is 11.5. The fourth-order valence-electron chi connectivity index (χ4n) is 2.31. The highest BCUT2D eigenvalue weighted by Gasteiger charge is 2.20. The molecule has 1 aliphatic heterocycles. The summed E-state index contributed by atoms with van der Waals surface area (Å²) in [6, 6.07) is 0.764. The molecule has 4 heteroatoms. The van der Waals surface area contributed by atoms with E-state index in [0.29, 0.717) is 6.10 Å². The Labute approximate surface area is 102 Å². The molecule has 1 N–H and O–H groups in total. The lowest BCUT2D eigenvalue weighted by molar-refractivity contribution is 0.00398. The molecule has 2 heterocycles. The molecule has 1 atom stereocenters. The van der Waals surface area contributed by atoms with Crippen molar-refractivity contribution in [2.75, 3.05) is 6.61 Å². The van der Waals surface area contributed by atoms with E-state index in [4.69, 9.17) is 4.74 Å². The first-order valence-electron chi connectivity index (χ1n) is 6.76. The Hall–Kier alpha value is -0.870. The highest BCUT2D eigenvalue weighted by atomic mass is 16.5. The molecule has 1 unspecified atom stereocenters. The molecule has 0 spiro atoms. The Morgan fingerprint density at radius 3 is 3.06 bits per heavy atom. The van der Waals surface area contributed by atoms with E-state index >= 15 is 0 Å². The van der Waals surface area contributed by atoms with Gasteiger partial charge in [0, 0.05) is 31.0 Å². The minimum Gasteiger partial charge on any atom is -0.376 e. The van der Waals surface area contributed by atoms with Crippen LogP contribution in [0.5, 0.6) is 0 Å². The maximum Gasteiger partial charge on any atom is 0.0770 e. The zero-order valence-corrected chi connectivity index (χ0v) is 10.3. The Morgan fingerprint density at radius 1 is 1.35 bits per heavy atom. The third kappa shape index (κ3) is 3.30. The van der Waals surface area contributed by atoms with Crippen LogP contribution in [0.4, 0.5) is 0 Å². The van der Waals surface area contributed by atoms with Crippen molar-refractivity contribution in [3.05, 3.63) is 18.0 Å². The predicted octanol–water partition coefficient (Wildman–Crippen LogP) is 1.70. The molecule has 0 bridgehead atoms. The van der Waals surface area contributed by atoms with E-state index in [-0.39, 0.29) is 0 Å². The van der Waals surface area contributed by atoms with Gasteiger partial charge in [0.2, 0.25) is 0 Å². The normalized spacial score (nSPS) is 25.1. The number of ether oxygens (including phenoxy) is 1. The average Bonchev–Trinajstić information content (AvgIpc) is 3.09. The van der Waals surface area contributed by atoms with Gasteiger partial charge in [0.15, 0.2) is 0 Å². The van der Waals surface area contributed by atoms with E-state index in [1.165, 1.54) is 37.7 Å². The average molecular weight is 235 g/mol. The van der Waals surface area contributed by atoms with Gasteiger partial charge in [0.1, 0.15) is 0 Å². The van der Waals surface area contributed by atoms with Crippen molar-refractivity contribution in [1.29, 1.82) is 0 Å². The largest absolute Gasteiger partial charge is 0.376 e. The molecule has 94 valence electrons. The monoisotopic (exact) mass is 235 g/mol. The van der Waals surface area contributed by atoms with Crippen LogP contribution in [-0.2, 0) is 17.8 Å². The van der Waals surface area contributed by atoms with Gasteiger partial charge < -0.3 is 10.1 Å². The smallest absolute Gasteiger partial charge is 0.0770 e. The first kappa shape index (κ1) is 11.2. The second-order valence-electron chi connectivity index (χ2n) is 5.21. The summed E-state index contributed by atoms with van der Waals surface area (Å²) in [6.07, 6.45) is 10.8. The number of hydrogen-bond acceptors (Lipinski definition) is 3. The maximum atomic E-state index is 5.72. The predicted molar refractivity (Wildman–Crippen MR) is 65.7 cm³/mol. The van der Waals surface area contributed by atoms with Gasteiger partial charge in [-0.1, -0.05) is 0 Å². The van der Waals surface area contributed by atoms with Gasteiger partial charge in [-0.25, -0.2) is 0 Å². The maximum absolute atomic E-state index is 5.72. The van der Waals surface area contributed by atoms with Crippen LogP contribution in [0.3, 0.4) is 0 Å². The summed E-state index contributed by atoms with van der Waals surface area (Å²) in [4.78, 5) is 0. The van der Waals surface area contributed by atoms with E-state index < -0.39 is 0 Å². The molecule has 0 radical (unpaired) electrons. The molecule has 1 aliphatic carbocycles. The van der Waals surface area contributed by atoms with Crippen LogP contribution in [0.25, 0.3) is 0 Å². The number of nitrogens with zero attached hydrogens (tertiary/aromatic N) is 2. The van der Waals surface area contributed by atoms with Crippen LogP contribution < -0.4 is 5.32 Å². The molecular weight excluding hydrogens is 214 g/mol. The number of rotatable bonds is 5. The molecule has 1 saturated heterocycles. The van der Waals surface area contributed by atoms with Crippen molar-refractivity contribution >= 4 is 0 Å². The topological polar surface area (TPSA) is 39.1 Å².